The summed E-state index contributed by atoms with van der Waals surface area (Å²) in [7, 11) is 0. The number of fused-ring (bicyclic) bond motifs is 2. The molecule has 0 aromatic heterocycles. The minimum atomic E-state index is 0.307. The zero-order chi connectivity index (χ0) is 11.7. The number of hydrogen-bond donors (Lipinski definition) is 1. The Labute approximate surface area is 105 Å². The van der Waals surface area contributed by atoms with E-state index >= 15 is 0 Å². The first kappa shape index (κ1) is 11.9. The van der Waals surface area contributed by atoms with E-state index in [-0.39, 0.29) is 0 Å². The number of nitrogens with two attached hydrogens (primary N) is 1. The van der Waals surface area contributed by atoms with Crippen LogP contribution in [0.25, 0.3) is 0 Å². The molecule has 2 aliphatic heterocycles. The molecule has 2 heterocycles. The molecule has 0 spiro atoms. The average Bonchev–Trinajstić information content (AvgIpc) is 2.59. The smallest absolute Gasteiger partial charge is 0.0707 e. The Morgan fingerprint density at radius 1 is 1.00 bits per heavy atom. The fraction of sp³-hybridized carbons (Fsp3) is 1.00. The second-order valence-corrected chi connectivity index (χ2v) is 6.21. The Kier molecular flexibility index (Phi) is 3.42. The summed E-state index contributed by atoms with van der Waals surface area (Å²) >= 11 is 0. The summed E-state index contributed by atoms with van der Waals surface area (Å²) in [5.41, 5.74) is 6.47. The molecule has 1 saturated carbocycles. The van der Waals surface area contributed by atoms with Crippen LogP contribution in [0.4, 0.5) is 0 Å². The molecule has 0 radical (unpaired) electrons. The van der Waals surface area contributed by atoms with Crippen molar-refractivity contribution in [1.29, 1.82) is 0 Å². The van der Waals surface area contributed by atoms with E-state index in [1.807, 2.05) is 0 Å². The van der Waals surface area contributed by atoms with Gasteiger partial charge < -0.3 is 10.5 Å². The monoisotopic (exact) mass is 238 g/mol. The number of likely N-dealkylation sites (tertiary alicyclic amines) is 1. The molecule has 17 heavy (non-hydrogen) atoms. The van der Waals surface area contributed by atoms with E-state index in [9.17, 15) is 0 Å². The van der Waals surface area contributed by atoms with E-state index in [1.54, 1.807) is 0 Å². The minimum absolute atomic E-state index is 0.307. The number of hydrogen-bond acceptors (Lipinski definition) is 3. The van der Waals surface area contributed by atoms with Gasteiger partial charge in [-0.1, -0.05) is 25.7 Å². The lowest BCUT2D eigenvalue weighted by atomic mass is 9.87. The molecule has 0 aromatic rings. The van der Waals surface area contributed by atoms with Crippen molar-refractivity contribution in [3.8, 4) is 0 Å². The van der Waals surface area contributed by atoms with Gasteiger partial charge in [0.05, 0.1) is 12.2 Å². The Balaban J connectivity index is 1.74. The van der Waals surface area contributed by atoms with Gasteiger partial charge in [0.1, 0.15) is 0 Å². The quantitative estimate of drug-likeness (QED) is 0.747. The third-order valence-electron chi connectivity index (χ3n) is 5.13. The van der Waals surface area contributed by atoms with Crippen molar-refractivity contribution in [2.75, 3.05) is 19.6 Å². The number of nitrogens with zero attached hydrogens (tertiary/aromatic N) is 1. The van der Waals surface area contributed by atoms with Gasteiger partial charge in [-0.25, -0.2) is 0 Å². The van der Waals surface area contributed by atoms with Crippen LogP contribution in [0.5, 0.6) is 0 Å². The van der Waals surface area contributed by atoms with Crippen LogP contribution in [0.1, 0.15) is 51.4 Å². The summed E-state index contributed by atoms with van der Waals surface area (Å²) in [6, 6.07) is 0. The summed E-state index contributed by atoms with van der Waals surface area (Å²) in [5, 5.41) is 0. The van der Waals surface area contributed by atoms with E-state index in [0.29, 0.717) is 17.7 Å². The van der Waals surface area contributed by atoms with Gasteiger partial charge in [0.15, 0.2) is 0 Å². The maximum absolute atomic E-state index is 6.17. The Morgan fingerprint density at radius 3 is 2.12 bits per heavy atom. The van der Waals surface area contributed by atoms with E-state index in [0.717, 1.165) is 19.6 Å². The molecule has 98 valence electrons. The Bertz CT molecular complexity index is 249. The minimum Gasteiger partial charge on any atom is -0.372 e. The predicted molar refractivity (Wildman–Crippen MR) is 69.0 cm³/mol. The molecular weight excluding hydrogens is 212 g/mol. The first-order valence-corrected chi connectivity index (χ1v) is 7.43. The highest BCUT2D eigenvalue weighted by atomic mass is 16.5. The van der Waals surface area contributed by atoms with E-state index in [2.05, 4.69) is 4.90 Å². The van der Waals surface area contributed by atoms with Crippen molar-refractivity contribution in [2.45, 2.75) is 69.1 Å². The molecule has 3 rings (SSSR count). The maximum atomic E-state index is 6.17. The summed E-state index contributed by atoms with van der Waals surface area (Å²) in [5.74, 6) is 0. The van der Waals surface area contributed by atoms with E-state index in [1.165, 1.54) is 51.4 Å². The SMILES string of the molecule is NCC1(N2CC3CCC(C2)O3)CCCCCC1. The van der Waals surface area contributed by atoms with Gasteiger partial charge in [0, 0.05) is 25.2 Å². The van der Waals surface area contributed by atoms with Gasteiger partial charge in [-0.15, -0.1) is 0 Å². The van der Waals surface area contributed by atoms with Crippen LogP contribution < -0.4 is 5.73 Å². The van der Waals surface area contributed by atoms with Gasteiger partial charge >= 0.3 is 0 Å². The highest BCUT2D eigenvalue weighted by molar-refractivity contribution is 4.98. The molecular formula is C14H26N2O. The molecule has 2 unspecified atom stereocenters. The number of morpholine rings is 1. The summed E-state index contributed by atoms with van der Waals surface area (Å²) in [4.78, 5) is 2.70. The van der Waals surface area contributed by atoms with Crippen LogP contribution in [0.3, 0.4) is 0 Å². The molecule has 0 aromatic carbocycles. The third kappa shape index (κ3) is 2.25. The largest absolute Gasteiger partial charge is 0.372 e. The van der Waals surface area contributed by atoms with Gasteiger partial charge in [-0.05, 0) is 25.7 Å². The first-order valence-electron chi connectivity index (χ1n) is 7.43. The first-order chi connectivity index (χ1) is 8.32. The predicted octanol–water partition coefficient (Wildman–Crippen LogP) is 1.90. The number of rotatable bonds is 2. The lowest BCUT2D eigenvalue weighted by Crippen LogP contribution is -2.59. The molecule has 0 amide bonds. The van der Waals surface area contributed by atoms with Crippen LogP contribution >= 0.6 is 0 Å². The molecule has 3 aliphatic rings. The van der Waals surface area contributed by atoms with Crippen molar-refractivity contribution in [2.24, 2.45) is 5.73 Å². The Hall–Kier alpha value is -0.120. The second kappa shape index (κ2) is 4.87. The van der Waals surface area contributed by atoms with E-state index in [4.69, 9.17) is 10.5 Å². The summed E-state index contributed by atoms with van der Waals surface area (Å²) in [6.07, 6.45) is 11.7. The van der Waals surface area contributed by atoms with Crippen LogP contribution in [-0.2, 0) is 4.74 Å². The lowest BCUT2D eigenvalue weighted by molar-refractivity contribution is -0.0804. The van der Waals surface area contributed by atoms with Crippen LogP contribution in [0, 0.1) is 0 Å². The van der Waals surface area contributed by atoms with Crippen molar-refractivity contribution in [3.63, 3.8) is 0 Å². The molecule has 3 fully saturated rings. The fourth-order valence-electron chi connectivity index (χ4n) is 4.04. The van der Waals surface area contributed by atoms with Gasteiger partial charge in [-0.3, -0.25) is 4.90 Å². The third-order valence-corrected chi connectivity index (χ3v) is 5.13. The highest BCUT2D eigenvalue weighted by Gasteiger charge is 2.43. The highest BCUT2D eigenvalue weighted by Crippen LogP contribution is 2.37. The van der Waals surface area contributed by atoms with Gasteiger partial charge in [-0.2, -0.15) is 0 Å². The molecule has 3 nitrogen and oxygen atoms in total. The van der Waals surface area contributed by atoms with Crippen LogP contribution in [-0.4, -0.2) is 42.3 Å². The molecule has 1 aliphatic carbocycles. The van der Waals surface area contributed by atoms with Crippen molar-refractivity contribution < 1.29 is 4.74 Å². The van der Waals surface area contributed by atoms with Crippen molar-refractivity contribution >= 4 is 0 Å². The average molecular weight is 238 g/mol. The second-order valence-electron chi connectivity index (χ2n) is 6.21. The van der Waals surface area contributed by atoms with Crippen LogP contribution in [0.15, 0.2) is 0 Å². The van der Waals surface area contributed by atoms with Crippen molar-refractivity contribution in [1.82, 2.24) is 4.90 Å². The zero-order valence-corrected chi connectivity index (χ0v) is 10.9. The Morgan fingerprint density at radius 2 is 1.59 bits per heavy atom. The summed E-state index contributed by atoms with van der Waals surface area (Å²) < 4.78 is 5.96. The van der Waals surface area contributed by atoms with Crippen molar-refractivity contribution in [3.05, 3.63) is 0 Å². The summed E-state index contributed by atoms with van der Waals surface area (Å²) in [6.45, 7) is 3.11. The molecule has 2 N–H and O–H groups in total. The van der Waals surface area contributed by atoms with E-state index < -0.39 is 0 Å². The standard InChI is InChI=1S/C14H26N2O/c15-11-14(7-3-1-2-4-8-14)16-9-12-5-6-13(10-16)17-12/h12-13H,1-11,15H2. The normalized spacial score (nSPS) is 37.9. The molecule has 2 saturated heterocycles. The van der Waals surface area contributed by atoms with Crippen LogP contribution in [0.2, 0.25) is 0 Å². The maximum Gasteiger partial charge on any atom is 0.0707 e. The number of ether oxygens (including phenoxy) is 1. The molecule has 2 bridgehead atoms. The molecule has 2 atom stereocenters. The molecule has 3 heteroatoms. The van der Waals surface area contributed by atoms with Gasteiger partial charge in [0.2, 0.25) is 0 Å². The fourth-order valence-corrected chi connectivity index (χ4v) is 4.04. The zero-order valence-electron chi connectivity index (χ0n) is 10.9. The topological polar surface area (TPSA) is 38.5 Å². The van der Waals surface area contributed by atoms with Gasteiger partial charge in [0.25, 0.3) is 0 Å². The lowest BCUT2D eigenvalue weighted by Gasteiger charge is -2.47.